The Morgan fingerprint density at radius 1 is 1.14 bits per heavy atom. The SMILES string of the molecule is CNC(=O)NC(=O)COC(=O)c1c2c(nc3ccccc13)/C(=C/c1cccc([N+](=O)[O-])c1)CCC2. The molecule has 0 saturated carbocycles. The molecule has 0 radical (unpaired) electrons. The lowest BCUT2D eigenvalue weighted by Gasteiger charge is -2.22. The van der Waals surface area contributed by atoms with Crippen molar-refractivity contribution in [3.05, 3.63) is 81.0 Å². The van der Waals surface area contributed by atoms with Gasteiger partial charge in [-0.1, -0.05) is 30.3 Å². The Morgan fingerprint density at radius 3 is 2.71 bits per heavy atom. The van der Waals surface area contributed by atoms with Crippen LogP contribution in [0.25, 0.3) is 22.6 Å². The molecule has 10 heteroatoms. The summed E-state index contributed by atoms with van der Waals surface area (Å²) in [7, 11) is 1.36. The third-order valence-corrected chi connectivity index (χ3v) is 5.61. The molecular weight excluding hydrogens is 452 g/mol. The summed E-state index contributed by atoms with van der Waals surface area (Å²) < 4.78 is 5.25. The fourth-order valence-corrected chi connectivity index (χ4v) is 4.07. The fourth-order valence-electron chi connectivity index (χ4n) is 4.07. The number of aromatic nitrogens is 1. The van der Waals surface area contributed by atoms with Crippen molar-refractivity contribution < 1.29 is 24.0 Å². The number of nitrogens with zero attached hydrogens (tertiary/aromatic N) is 2. The van der Waals surface area contributed by atoms with E-state index < -0.39 is 29.4 Å². The summed E-state index contributed by atoms with van der Waals surface area (Å²) in [6.45, 7) is -0.617. The van der Waals surface area contributed by atoms with Gasteiger partial charge in [-0.05, 0) is 48.1 Å². The number of allylic oxidation sites excluding steroid dienone is 1. The highest BCUT2D eigenvalue weighted by Crippen LogP contribution is 2.36. The molecule has 0 unspecified atom stereocenters. The maximum absolute atomic E-state index is 13.2. The highest BCUT2D eigenvalue weighted by Gasteiger charge is 2.26. The van der Waals surface area contributed by atoms with E-state index in [1.54, 1.807) is 36.4 Å². The second kappa shape index (κ2) is 10.1. The number of urea groups is 1. The number of hydrogen-bond acceptors (Lipinski definition) is 7. The van der Waals surface area contributed by atoms with E-state index >= 15 is 0 Å². The van der Waals surface area contributed by atoms with Crippen LogP contribution in [0.5, 0.6) is 0 Å². The number of para-hydroxylation sites is 1. The summed E-state index contributed by atoms with van der Waals surface area (Å²) in [5.74, 6) is -1.44. The zero-order chi connectivity index (χ0) is 24.9. The minimum Gasteiger partial charge on any atom is -0.452 e. The first-order valence-corrected chi connectivity index (χ1v) is 10.9. The Labute approximate surface area is 200 Å². The molecule has 0 spiro atoms. The van der Waals surface area contributed by atoms with Crippen LogP contribution in [-0.2, 0) is 16.0 Å². The minimum atomic E-state index is -0.754. The maximum Gasteiger partial charge on any atom is 0.339 e. The Balaban J connectivity index is 1.74. The smallest absolute Gasteiger partial charge is 0.339 e. The van der Waals surface area contributed by atoms with Crippen molar-refractivity contribution in [1.29, 1.82) is 0 Å². The molecule has 3 aromatic rings. The molecule has 178 valence electrons. The summed E-state index contributed by atoms with van der Waals surface area (Å²) in [5.41, 5.74) is 3.73. The Bertz CT molecular complexity index is 1380. The monoisotopic (exact) mass is 474 g/mol. The first kappa shape index (κ1) is 23.6. The third-order valence-electron chi connectivity index (χ3n) is 5.61. The van der Waals surface area contributed by atoms with Gasteiger partial charge in [0.25, 0.3) is 11.6 Å². The molecule has 2 N–H and O–H groups in total. The van der Waals surface area contributed by atoms with Gasteiger partial charge >= 0.3 is 12.0 Å². The maximum atomic E-state index is 13.2. The Morgan fingerprint density at radius 2 is 1.94 bits per heavy atom. The molecule has 1 aliphatic rings. The number of benzene rings is 2. The molecule has 0 aliphatic heterocycles. The summed E-state index contributed by atoms with van der Waals surface area (Å²) in [5, 5.41) is 16.1. The van der Waals surface area contributed by atoms with E-state index in [0.717, 1.165) is 12.0 Å². The topological polar surface area (TPSA) is 141 Å². The van der Waals surface area contributed by atoms with Crippen LogP contribution in [0.15, 0.2) is 48.5 Å². The van der Waals surface area contributed by atoms with Crippen molar-refractivity contribution in [2.75, 3.05) is 13.7 Å². The van der Waals surface area contributed by atoms with E-state index in [1.165, 1.54) is 19.2 Å². The van der Waals surface area contributed by atoms with Gasteiger partial charge in [0.05, 0.1) is 21.7 Å². The lowest BCUT2D eigenvalue weighted by Crippen LogP contribution is -2.39. The van der Waals surface area contributed by atoms with E-state index in [9.17, 15) is 24.5 Å². The number of nitro benzene ring substituents is 1. The Kier molecular flexibility index (Phi) is 6.81. The van der Waals surface area contributed by atoms with Crippen molar-refractivity contribution >= 4 is 46.1 Å². The summed E-state index contributed by atoms with van der Waals surface area (Å²) in [6, 6.07) is 12.7. The van der Waals surface area contributed by atoms with Crippen LogP contribution in [0.4, 0.5) is 10.5 Å². The van der Waals surface area contributed by atoms with Gasteiger partial charge in [-0.15, -0.1) is 0 Å². The molecule has 10 nitrogen and oxygen atoms in total. The minimum absolute atomic E-state index is 0.0128. The van der Waals surface area contributed by atoms with Gasteiger partial charge in [0.2, 0.25) is 0 Å². The zero-order valence-corrected chi connectivity index (χ0v) is 18.9. The highest BCUT2D eigenvalue weighted by atomic mass is 16.6. The van der Waals surface area contributed by atoms with E-state index in [4.69, 9.17) is 9.72 Å². The van der Waals surface area contributed by atoms with E-state index in [2.05, 4.69) is 5.32 Å². The second-order valence-electron chi connectivity index (χ2n) is 7.91. The molecule has 0 atom stereocenters. The number of imide groups is 1. The quantitative estimate of drug-likeness (QED) is 0.327. The van der Waals surface area contributed by atoms with Crippen LogP contribution < -0.4 is 10.6 Å². The largest absolute Gasteiger partial charge is 0.452 e. The van der Waals surface area contributed by atoms with Crippen molar-refractivity contribution in [3.8, 4) is 0 Å². The number of esters is 1. The predicted octanol–water partition coefficient (Wildman–Crippen LogP) is 3.63. The standard InChI is InChI=1S/C25H22N4O6/c1-26-25(32)28-21(30)14-35-24(31)22-18-9-2-3-11-20(18)27-23-16(7-5-10-19(22)23)12-15-6-4-8-17(13-15)29(33)34/h2-4,6,8-9,11-13H,5,7,10,14H2,1H3,(H2,26,28,30,32)/b16-12+. The third kappa shape index (κ3) is 5.16. The number of amides is 3. The summed E-state index contributed by atoms with van der Waals surface area (Å²) in [4.78, 5) is 51.9. The molecule has 0 fully saturated rings. The van der Waals surface area contributed by atoms with Gasteiger partial charge in [0, 0.05) is 24.6 Å². The second-order valence-corrected chi connectivity index (χ2v) is 7.91. The van der Waals surface area contributed by atoms with E-state index in [-0.39, 0.29) is 5.69 Å². The predicted molar refractivity (Wildman–Crippen MR) is 129 cm³/mol. The molecule has 1 aliphatic carbocycles. The van der Waals surface area contributed by atoms with Crippen LogP contribution in [0, 0.1) is 10.1 Å². The number of hydrogen-bond donors (Lipinski definition) is 2. The van der Waals surface area contributed by atoms with Crippen LogP contribution in [0.3, 0.4) is 0 Å². The van der Waals surface area contributed by atoms with E-state index in [0.29, 0.717) is 46.1 Å². The number of pyridine rings is 1. The zero-order valence-electron chi connectivity index (χ0n) is 18.9. The van der Waals surface area contributed by atoms with Crippen molar-refractivity contribution in [3.63, 3.8) is 0 Å². The number of non-ortho nitro benzene ring substituents is 1. The van der Waals surface area contributed by atoms with Gasteiger partial charge in [0.1, 0.15) is 0 Å². The fraction of sp³-hybridized carbons (Fsp3) is 0.200. The lowest BCUT2D eigenvalue weighted by molar-refractivity contribution is -0.384. The summed E-state index contributed by atoms with van der Waals surface area (Å²) >= 11 is 0. The van der Waals surface area contributed by atoms with Gasteiger partial charge in [-0.2, -0.15) is 0 Å². The number of ether oxygens (including phenoxy) is 1. The van der Waals surface area contributed by atoms with Gasteiger partial charge in [-0.3, -0.25) is 20.2 Å². The van der Waals surface area contributed by atoms with Gasteiger partial charge in [0.15, 0.2) is 6.61 Å². The number of carbonyl (C=O) groups is 3. The average molecular weight is 474 g/mol. The average Bonchev–Trinajstić information content (AvgIpc) is 2.86. The first-order chi connectivity index (χ1) is 16.9. The molecule has 3 amide bonds. The number of fused-ring (bicyclic) bond motifs is 2. The number of carbonyl (C=O) groups excluding carboxylic acids is 3. The van der Waals surface area contributed by atoms with Crippen LogP contribution in [-0.4, -0.2) is 41.5 Å². The van der Waals surface area contributed by atoms with Crippen molar-refractivity contribution in [2.24, 2.45) is 0 Å². The van der Waals surface area contributed by atoms with Crippen molar-refractivity contribution in [2.45, 2.75) is 19.3 Å². The van der Waals surface area contributed by atoms with Crippen LogP contribution in [0.1, 0.15) is 40.0 Å². The van der Waals surface area contributed by atoms with Crippen molar-refractivity contribution in [1.82, 2.24) is 15.6 Å². The van der Waals surface area contributed by atoms with Gasteiger partial charge < -0.3 is 10.1 Å². The number of nitro groups is 1. The molecular formula is C25H22N4O6. The van der Waals surface area contributed by atoms with Crippen LogP contribution in [0.2, 0.25) is 0 Å². The first-order valence-electron chi connectivity index (χ1n) is 10.9. The normalized spacial score (nSPS) is 13.7. The van der Waals surface area contributed by atoms with Crippen LogP contribution >= 0.6 is 0 Å². The molecule has 4 rings (SSSR count). The summed E-state index contributed by atoms with van der Waals surface area (Å²) in [6.07, 6.45) is 3.85. The molecule has 0 saturated heterocycles. The molecule has 35 heavy (non-hydrogen) atoms. The number of nitrogens with one attached hydrogen (secondary N) is 2. The molecule has 0 bridgehead atoms. The van der Waals surface area contributed by atoms with E-state index in [1.807, 2.05) is 11.4 Å². The van der Waals surface area contributed by atoms with Gasteiger partial charge in [-0.25, -0.2) is 14.6 Å². The lowest BCUT2D eigenvalue weighted by atomic mass is 9.86. The number of rotatable bonds is 5. The molecule has 1 heterocycles. The Hall–Kier alpha value is -4.60. The highest BCUT2D eigenvalue weighted by molar-refractivity contribution is 6.07. The molecule has 2 aromatic carbocycles. The molecule has 1 aromatic heterocycles.